The van der Waals surface area contributed by atoms with E-state index in [4.69, 9.17) is 5.11 Å². The second kappa shape index (κ2) is 6.72. The van der Waals surface area contributed by atoms with E-state index in [0.717, 1.165) is 18.4 Å². The Labute approximate surface area is 124 Å². The van der Waals surface area contributed by atoms with Crippen LogP contribution in [0.3, 0.4) is 0 Å². The molecule has 114 valence electrons. The number of benzene rings is 1. The SMILES string of the molecule is CC(=O)Nc1cc(C(=O)NC(CCO)C2CC2)ccc1C. The average molecular weight is 290 g/mol. The Balaban J connectivity index is 2.09. The fourth-order valence-corrected chi connectivity index (χ4v) is 2.40. The van der Waals surface area contributed by atoms with Gasteiger partial charge in [-0.25, -0.2) is 0 Å². The van der Waals surface area contributed by atoms with Crippen LogP contribution >= 0.6 is 0 Å². The van der Waals surface area contributed by atoms with Gasteiger partial charge in [0.1, 0.15) is 0 Å². The molecule has 0 bridgehead atoms. The lowest BCUT2D eigenvalue weighted by atomic mass is 10.1. The Bertz CT molecular complexity index is 538. The number of aryl methyl sites for hydroxylation is 1. The van der Waals surface area contributed by atoms with Gasteiger partial charge in [0.25, 0.3) is 5.91 Å². The van der Waals surface area contributed by atoms with E-state index in [1.807, 2.05) is 13.0 Å². The van der Waals surface area contributed by atoms with E-state index in [2.05, 4.69) is 10.6 Å². The summed E-state index contributed by atoms with van der Waals surface area (Å²) >= 11 is 0. The highest BCUT2D eigenvalue weighted by molar-refractivity contribution is 5.97. The highest BCUT2D eigenvalue weighted by atomic mass is 16.3. The zero-order valence-corrected chi connectivity index (χ0v) is 12.5. The van der Waals surface area contributed by atoms with E-state index >= 15 is 0 Å². The van der Waals surface area contributed by atoms with Gasteiger partial charge < -0.3 is 15.7 Å². The number of anilines is 1. The summed E-state index contributed by atoms with van der Waals surface area (Å²) in [5.41, 5.74) is 2.09. The van der Waals surface area contributed by atoms with Gasteiger partial charge in [0.05, 0.1) is 0 Å². The number of hydrogen-bond donors (Lipinski definition) is 3. The van der Waals surface area contributed by atoms with Crippen molar-refractivity contribution in [3.05, 3.63) is 29.3 Å². The molecule has 1 fully saturated rings. The summed E-state index contributed by atoms with van der Waals surface area (Å²) in [4.78, 5) is 23.5. The molecule has 1 aromatic rings. The molecule has 5 nitrogen and oxygen atoms in total. The van der Waals surface area contributed by atoms with Crippen LogP contribution in [0, 0.1) is 12.8 Å². The fourth-order valence-electron chi connectivity index (χ4n) is 2.40. The van der Waals surface area contributed by atoms with Gasteiger partial charge >= 0.3 is 0 Å². The first kappa shape index (κ1) is 15.5. The maximum absolute atomic E-state index is 12.3. The zero-order chi connectivity index (χ0) is 15.4. The van der Waals surface area contributed by atoms with Crippen molar-refractivity contribution in [2.75, 3.05) is 11.9 Å². The third-order valence-corrected chi connectivity index (χ3v) is 3.76. The van der Waals surface area contributed by atoms with Gasteiger partial charge in [0.2, 0.25) is 5.91 Å². The number of amides is 2. The van der Waals surface area contributed by atoms with Crippen molar-refractivity contribution >= 4 is 17.5 Å². The van der Waals surface area contributed by atoms with Gasteiger partial charge in [-0.05, 0) is 49.8 Å². The topological polar surface area (TPSA) is 78.4 Å². The van der Waals surface area contributed by atoms with Crippen molar-refractivity contribution in [1.29, 1.82) is 0 Å². The summed E-state index contributed by atoms with van der Waals surface area (Å²) in [6.07, 6.45) is 2.80. The van der Waals surface area contributed by atoms with Gasteiger partial charge in [-0.1, -0.05) is 6.07 Å². The summed E-state index contributed by atoms with van der Waals surface area (Å²) in [6.45, 7) is 3.40. The first-order valence-corrected chi connectivity index (χ1v) is 7.31. The van der Waals surface area contributed by atoms with E-state index in [9.17, 15) is 9.59 Å². The van der Waals surface area contributed by atoms with Crippen LogP contribution in [0.5, 0.6) is 0 Å². The predicted octanol–water partition coefficient (Wildman–Crippen LogP) is 1.84. The number of hydrogen-bond acceptors (Lipinski definition) is 3. The molecule has 5 heteroatoms. The second-order valence-corrected chi connectivity index (χ2v) is 5.64. The maximum atomic E-state index is 12.3. The lowest BCUT2D eigenvalue weighted by Crippen LogP contribution is -2.37. The number of aliphatic hydroxyl groups is 1. The first-order valence-electron chi connectivity index (χ1n) is 7.31. The molecule has 2 amide bonds. The molecule has 0 spiro atoms. The zero-order valence-electron chi connectivity index (χ0n) is 12.5. The molecule has 1 aliphatic carbocycles. The van der Waals surface area contributed by atoms with Gasteiger partial charge in [-0.15, -0.1) is 0 Å². The fraction of sp³-hybridized carbons (Fsp3) is 0.500. The average Bonchev–Trinajstić information content (AvgIpc) is 3.24. The molecule has 0 radical (unpaired) electrons. The Kier molecular flexibility index (Phi) is 4.96. The van der Waals surface area contributed by atoms with Crippen molar-refractivity contribution < 1.29 is 14.7 Å². The van der Waals surface area contributed by atoms with Crippen LogP contribution in [0.1, 0.15) is 42.1 Å². The first-order chi connectivity index (χ1) is 10.0. The highest BCUT2D eigenvalue weighted by Gasteiger charge is 2.31. The van der Waals surface area contributed by atoms with Crippen molar-refractivity contribution in [1.82, 2.24) is 5.32 Å². The Morgan fingerprint density at radius 2 is 2.10 bits per heavy atom. The molecule has 21 heavy (non-hydrogen) atoms. The summed E-state index contributed by atoms with van der Waals surface area (Å²) in [5, 5.41) is 14.8. The van der Waals surface area contributed by atoms with Crippen molar-refractivity contribution in [2.45, 2.75) is 39.2 Å². The monoisotopic (exact) mass is 290 g/mol. The Hall–Kier alpha value is -1.88. The maximum Gasteiger partial charge on any atom is 0.251 e. The molecule has 1 saturated carbocycles. The standard InChI is InChI=1S/C16H22N2O3/c1-10-3-4-13(9-15(10)17-11(2)20)16(21)18-14(7-8-19)12-5-6-12/h3-4,9,12,14,19H,5-8H2,1-2H3,(H,17,20)(H,18,21). The van der Waals surface area contributed by atoms with Crippen molar-refractivity contribution in [2.24, 2.45) is 5.92 Å². The number of carbonyl (C=O) groups is 2. The normalized spacial score (nSPS) is 15.4. The van der Waals surface area contributed by atoms with E-state index < -0.39 is 0 Å². The molecular weight excluding hydrogens is 268 g/mol. The van der Waals surface area contributed by atoms with Gasteiger partial charge in [-0.2, -0.15) is 0 Å². The van der Waals surface area contributed by atoms with Gasteiger partial charge in [0, 0.05) is 30.8 Å². The van der Waals surface area contributed by atoms with E-state index in [1.54, 1.807) is 12.1 Å². The number of carbonyl (C=O) groups excluding carboxylic acids is 2. The Morgan fingerprint density at radius 3 is 2.67 bits per heavy atom. The van der Waals surface area contributed by atoms with E-state index in [0.29, 0.717) is 23.6 Å². The molecule has 0 saturated heterocycles. The quantitative estimate of drug-likeness (QED) is 0.748. The van der Waals surface area contributed by atoms with Crippen LogP contribution in [-0.4, -0.2) is 29.6 Å². The molecule has 3 N–H and O–H groups in total. The summed E-state index contributed by atoms with van der Waals surface area (Å²) in [6, 6.07) is 5.29. The molecule has 1 atom stereocenters. The second-order valence-electron chi connectivity index (χ2n) is 5.64. The summed E-state index contributed by atoms with van der Waals surface area (Å²) < 4.78 is 0. The number of nitrogens with one attached hydrogen (secondary N) is 2. The minimum atomic E-state index is -0.160. The number of aliphatic hydroxyl groups excluding tert-OH is 1. The minimum absolute atomic E-state index is 0.0352. The van der Waals surface area contributed by atoms with Crippen LogP contribution in [0.4, 0.5) is 5.69 Å². The van der Waals surface area contributed by atoms with Crippen LogP contribution in [-0.2, 0) is 4.79 Å². The van der Waals surface area contributed by atoms with Crippen molar-refractivity contribution in [3.63, 3.8) is 0 Å². The molecule has 1 aromatic carbocycles. The number of rotatable bonds is 6. The van der Waals surface area contributed by atoms with Gasteiger partial charge in [0.15, 0.2) is 0 Å². The van der Waals surface area contributed by atoms with Crippen molar-refractivity contribution in [3.8, 4) is 0 Å². The van der Waals surface area contributed by atoms with E-state index in [1.165, 1.54) is 6.92 Å². The summed E-state index contributed by atoms with van der Waals surface area (Å²) in [7, 11) is 0. The van der Waals surface area contributed by atoms with Crippen LogP contribution in [0.15, 0.2) is 18.2 Å². The van der Waals surface area contributed by atoms with Crippen LogP contribution < -0.4 is 10.6 Å². The molecule has 0 heterocycles. The lowest BCUT2D eigenvalue weighted by Gasteiger charge is -2.17. The lowest BCUT2D eigenvalue weighted by molar-refractivity contribution is -0.114. The molecule has 1 unspecified atom stereocenters. The molecular formula is C16H22N2O3. The third kappa shape index (κ3) is 4.29. The van der Waals surface area contributed by atoms with E-state index in [-0.39, 0.29) is 24.5 Å². The Morgan fingerprint density at radius 1 is 1.38 bits per heavy atom. The van der Waals surface area contributed by atoms with Crippen LogP contribution in [0.2, 0.25) is 0 Å². The third-order valence-electron chi connectivity index (χ3n) is 3.76. The largest absolute Gasteiger partial charge is 0.396 e. The smallest absolute Gasteiger partial charge is 0.251 e. The molecule has 1 aliphatic rings. The van der Waals surface area contributed by atoms with Gasteiger partial charge in [-0.3, -0.25) is 9.59 Å². The predicted molar refractivity (Wildman–Crippen MR) is 81.2 cm³/mol. The van der Waals surface area contributed by atoms with Crippen LogP contribution in [0.25, 0.3) is 0 Å². The summed E-state index contributed by atoms with van der Waals surface area (Å²) in [5.74, 6) is 0.167. The molecule has 0 aromatic heterocycles. The molecule has 0 aliphatic heterocycles. The minimum Gasteiger partial charge on any atom is -0.396 e. The highest BCUT2D eigenvalue weighted by Crippen LogP contribution is 2.34. The molecule has 2 rings (SSSR count).